The normalized spacial score (nSPS) is 16.3. The third-order valence-electron chi connectivity index (χ3n) is 4.58. The fourth-order valence-corrected chi connectivity index (χ4v) is 3.12. The Labute approximate surface area is 135 Å². The van der Waals surface area contributed by atoms with Crippen LogP contribution in [-0.4, -0.2) is 55.5 Å². The van der Waals surface area contributed by atoms with E-state index in [2.05, 4.69) is 61.1 Å². The predicted molar refractivity (Wildman–Crippen MR) is 88.4 cm³/mol. The summed E-state index contributed by atoms with van der Waals surface area (Å²) in [6.45, 7) is 7.06. The molecule has 1 aliphatic rings. The van der Waals surface area contributed by atoms with Crippen LogP contribution < -0.4 is 4.90 Å². The summed E-state index contributed by atoms with van der Waals surface area (Å²) in [6, 6.07) is 6.37. The number of nitrogens with zero attached hydrogens (tertiary/aromatic N) is 7. The van der Waals surface area contributed by atoms with Gasteiger partial charge in [-0.15, -0.1) is 10.2 Å². The predicted octanol–water partition coefficient (Wildman–Crippen LogP) is 1.09. The van der Waals surface area contributed by atoms with E-state index in [1.165, 1.54) is 5.69 Å². The average Bonchev–Trinajstić information content (AvgIpc) is 3.14. The fourth-order valence-electron chi connectivity index (χ4n) is 3.12. The lowest BCUT2D eigenvalue weighted by atomic mass is 10.2. The van der Waals surface area contributed by atoms with Crippen LogP contribution in [0.2, 0.25) is 0 Å². The number of hydrogen-bond donors (Lipinski definition) is 0. The van der Waals surface area contributed by atoms with Gasteiger partial charge in [0.2, 0.25) is 0 Å². The third kappa shape index (κ3) is 2.68. The number of anilines is 1. The lowest BCUT2D eigenvalue weighted by molar-refractivity contribution is 0.245. The molecule has 0 aromatic carbocycles. The first kappa shape index (κ1) is 14.2. The van der Waals surface area contributed by atoms with Gasteiger partial charge in [0.25, 0.3) is 0 Å². The van der Waals surface area contributed by atoms with Crippen LogP contribution in [0.25, 0.3) is 5.65 Å². The SMILES string of the molecule is Cc1nnc2cc(N3CCN(Cc4cccn4C)CC3)cnn12. The first-order chi connectivity index (χ1) is 11.2. The van der Waals surface area contributed by atoms with Gasteiger partial charge in [0.1, 0.15) is 0 Å². The van der Waals surface area contributed by atoms with Crippen molar-refractivity contribution in [2.24, 2.45) is 7.05 Å². The van der Waals surface area contributed by atoms with Gasteiger partial charge in [-0.25, -0.2) is 0 Å². The molecule has 0 spiro atoms. The molecule has 0 unspecified atom stereocenters. The standard InChI is InChI=1S/C16H21N7/c1-13-18-19-16-10-15(11-17-23(13)16)22-8-6-21(7-9-22)12-14-4-3-5-20(14)2/h3-5,10-11H,6-9,12H2,1-2H3. The molecule has 0 aliphatic carbocycles. The maximum absolute atomic E-state index is 4.44. The summed E-state index contributed by atoms with van der Waals surface area (Å²) >= 11 is 0. The Morgan fingerprint density at radius 3 is 2.70 bits per heavy atom. The van der Waals surface area contributed by atoms with Crippen molar-refractivity contribution in [3.63, 3.8) is 0 Å². The van der Waals surface area contributed by atoms with Crippen LogP contribution in [0.15, 0.2) is 30.6 Å². The number of piperazine rings is 1. The highest BCUT2D eigenvalue weighted by Crippen LogP contribution is 2.18. The molecule has 3 aromatic heterocycles. The summed E-state index contributed by atoms with van der Waals surface area (Å²) in [4.78, 5) is 4.87. The van der Waals surface area contributed by atoms with Gasteiger partial charge in [-0.1, -0.05) is 0 Å². The van der Waals surface area contributed by atoms with Gasteiger partial charge < -0.3 is 9.47 Å². The fraction of sp³-hybridized carbons (Fsp3) is 0.438. The van der Waals surface area contributed by atoms with Gasteiger partial charge >= 0.3 is 0 Å². The summed E-state index contributed by atoms with van der Waals surface area (Å²) in [5.41, 5.74) is 3.30. The summed E-state index contributed by atoms with van der Waals surface area (Å²) in [7, 11) is 2.10. The molecule has 0 saturated carbocycles. The molecule has 0 atom stereocenters. The Hall–Kier alpha value is -2.41. The van der Waals surface area contributed by atoms with Crippen molar-refractivity contribution < 1.29 is 0 Å². The maximum atomic E-state index is 4.44. The molecular formula is C16H21N7. The highest BCUT2D eigenvalue weighted by Gasteiger charge is 2.19. The maximum Gasteiger partial charge on any atom is 0.179 e. The van der Waals surface area contributed by atoms with Crippen LogP contribution in [0.3, 0.4) is 0 Å². The number of hydrogen-bond acceptors (Lipinski definition) is 5. The molecule has 4 heterocycles. The van der Waals surface area contributed by atoms with E-state index >= 15 is 0 Å². The van der Waals surface area contributed by atoms with E-state index in [1.807, 2.05) is 13.1 Å². The topological polar surface area (TPSA) is 54.5 Å². The summed E-state index contributed by atoms with van der Waals surface area (Å²) in [5.74, 6) is 0.818. The Balaban J connectivity index is 1.43. The molecule has 7 nitrogen and oxygen atoms in total. The quantitative estimate of drug-likeness (QED) is 0.725. The van der Waals surface area contributed by atoms with E-state index in [9.17, 15) is 0 Å². The lowest BCUT2D eigenvalue weighted by Gasteiger charge is -2.35. The molecule has 4 rings (SSSR count). The summed E-state index contributed by atoms with van der Waals surface area (Å²) in [6.07, 6.45) is 4.02. The Kier molecular flexibility index (Phi) is 3.49. The molecule has 120 valence electrons. The number of aromatic nitrogens is 5. The highest BCUT2D eigenvalue weighted by atomic mass is 15.4. The van der Waals surface area contributed by atoms with E-state index in [4.69, 9.17) is 0 Å². The van der Waals surface area contributed by atoms with Crippen LogP contribution in [0.5, 0.6) is 0 Å². The van der Waals surface area contributed by atoms with E-state index in [0.29, 0.717) is 0 Å². The van der Waals surface area contributed by atoms with Crippen molar-refractivity contribution in [1.82, 2.24) is 29.3 Å². The largest absolute Gasteiger partial charge is 0.368 e. The Morgan fingerprint density at radius 2 is 1.96 bits per heavy atom. The van der Waals surface area contributed by atoms with Crippen molar-refractivity contribution in [2.75, 3.05) is 31.1 Å². The molecule has 0 radical (unpaired) electrons. The molecule has 0 bridgehead atoms. The van der Waals surface area contributed by atoms with Gasteiger partial charge in [-0.2, -0.15) is 9.61 Å². The molecular weight excluding hydrogens is 290 g/mol. The molecule has 23 heavy (non-hydrogen) atoms. The molecule has 1 fully saturated rings. The van der Waals surface area contributed by atoms with Crippen molar-refractivity contribution in [2.45, 2.75) is 13.5 Å². The van der Waals surface area contributed by atoms with E-state index in [0.717, 1.165) is 49.9 Å². The Morgan fingerprint density at radius 1 is 1.13 bits per heavy atom. The van der Waals surface area contributed by atoms with Crippen molar-refractivity contribution in [1.29, 1.82) is 0 Å². The van der Waals surface area contributed by atoms with Crippen LogP contribution >= 0.6 is 0 Å². The summed E-state index contributed by atoms with van der Waals surface area (Å²) in [5, 5.41) is 12.7. The zero-order valence-corrected chi connectivity index (χ0v) is 13.6. The average molecular weight is 311 g/mol. The smallest absolute Gasteiger partial charge is 0.179 e. The second-order valence-electron chi connectivity index (χ2n) is 6.10. The van der Waals surface area contributed by atoms with Gasteiger partial charge in [-0.05, 0) is 19.1 Å². The van der Waals surface area contributed by atoms with Gasteiger partial charge in [0.15, 0.2) is 11.5 Å². The zero-order valence-electron chi connectivity index (χ0n) is 13.6. The molecule has 0 N–H and O–H groups in total. The molecule has 3 aromatic rings. The van der Waals surface area contributed by atoms with Crippen molar-refractivity contribution >= 4 is 11.3 Å². The highest BCUT2D eigenvalue weighted by molar-refractivity contribution is 5.54. The van der Waals surface area contributed by atoms with Crippen LogP contribution in [0, 0.1) is 6.92 Å². The summed E-state index contributed by atoms with van der Waals surface area (Å²) < 4.78 is 3.97. The van der Waals surface area contributed by atoms with E-state index in [-0.39, 0.29) is 0 Å². The van der Waals surface area contributed by atoms with Crippen molar-refractivity contribution in [3.05, 3.63) is 42.1 Å². The van der Waals surface area contributed by atoms with Crippen LogP contribution in [0.1, 0.15) is 11.5 Å². The first-order valence-electron chi connectivity index (χ1n) is 7.96. The van der Waals surface area contributed by atoms with E-state index in [1.54, 1.807) is 4.52 Å². The van der Waals surface area contributed by atoms with E-state index < -0.39 is 0 Å². The molecule has 1 saturated heterocycles. The number of rotatable bonds is 3. The van der Waals surface area contributed by atoms with Gasteiger partial charge in [0.05, 0.1) is 11.9 Å². The molecule has 1 aliphatic heterocycles. The van der Waals surface area contributed by atoms with Gasteiger partial charge in [0, 0.05) is 57.7 Å². The van der Waals surface area contributed by atoms with Gasteiger partial charge in [-0.3, -0.25) is 4.90 Å². The first-order valence-corrected chi connectivity index (χ1v) is 7.96. The van der Waals surface area contributed by atoms with Crippen LogP contribution in [0.4, 0.5) is 5.69 Å². The molecule has 7 heteroatoms. The minimum Gasteiger partial charge on any atom is -0.368 e. The molecule has 0 amide bonds. The monoisotopic (exact) mass is 311 g/mol. The Bertz CT molecular complexity index is 811. The lowest BCUT2D eigenvalue weighted by Crippen LogP contribution is -2.46. The zero-order chi connectivity index (χ0) is 15.8. The number of fused-ring (bicyclic) bond motifs is 1. The second-order valence-corrected chi connectivity index (χ2v) is 6.10. The van der Waals surface area contributed by atoms with Crippen LogP contribution in [-0.2, 0) is 13.6 Å². The number of aryl methyl sites for hydroxylation is 2. The second kappa shape index (κ2) is 5.66. The minimum atomic E-state index is 0.811. The van der Waals surface area contributed by atoms with Crippen molar-refractivity contribution in [3.8, 4) is 0 Å². The third-order valence-corrected chi connectivity index (χ3v) is 4.58. The minimum absolute atomic E-state index is 0.811.